The van der Waals surface area contributed by atoms with Crippen LogP contribution in [-0.4, -0.2) is 11.7 Å². The van der Waals surface area contributed by atoms with Crippen LogP contribution in [0.2, 0.25) is 0 Å². The lowest BCUT2D eigenvalue weighted by molar-refractivity contribution is -0.129. The van der Waals surface area contributed by atoms with Gasteiger partial charge in [0.05, 0.1) is 5.92 Å². The third-order valence-electron chi connectivity index (χ3n) is 3.05. The normalized spacial score (nSPS) is 12.0. The van der Waals surface area contributed by atoms with Gasteiger partial charge in [-0.1, -0.05) is 32.1 Å². The molecule has 1 amide bonds. The summed E-state index contributed by atoms with van der Waals surface area (Å²) >= 11 is 0. The molecule has 0 bridgehead atoms. The van der Waals surface area contributed by atoms with Crippen molar-refractivity contribution in [3.05, 3.63) is 42.5 Å². The van der Waals surface area contributed by atoms with Crippen LogP contribution in [0.3, 0.4) is 0 Å². The van der Waals surface area contributed by atoms with E-state index in [4.69, 9.17) is 0 Å². The van der Waals surface area contributed by atoms with Crippen molar-refractivity contribution in [1.82, 2.24) is 0 Å². The number of benzene rings is 1. The molecule has 0 saturated heterocycles. The minimum atomic E-state index is -0.651. The molecule has 0 aliphatic rings. The summed E-state index contributed by atoms with van der Waals surface area (Å²) in [5.74, 6) is -0.612. The molecule has 19 heavy (non-hydrogen) atoms. The van der Waals surface area contributed by atoms with E-state index in [-0.39, 0.29) is 11.7 Å². The molecule has 0 heterocycles. The number of nitrogens with one attached hydrogen (secondary N) is 1. The molecule has 1 aromatic rings. The molecule has 1 rings (SSSR count). The van der Waals surface area contributed by atoms with E-state index in [2.05, 4.69) is 25.7 Å². The van der Waals surface area contributed by atoms with Gasteiger partial charge in [-0.25, -0.2) is 0 Å². The lowest BCUT2D eigenvalue weighted by Crippen LogP contribution is -2.27. The number of ketones is 1. The van der Waals surface area contributed by atoms with Crippen molar-refractivity contribution >= 4 is 17.4 Å². The molecule has 3 heteroatoms. The van der Waals surface area contributed by atoms with Gasteiger partial charge in [-0.05, 0) is 37.0 Å². The second-order valence-corrected chi connectivity index (χ2v) is 4.95. The molecule has 1 unspecified atom stereocenters. The minimum Gasteiger partial charge on any atom is -0.325 e. The lowest BCUT2D eigenvalue weighted by atomic mass is 9.99. The molecule has 0 saturated carbocycles. The quantitative estimate of drug-likeness (QED) is 0.627. The molecule has 102 valence electrons. The summed E-state index contributed by atoms with van der Waals surface area (Å²) in [7, 11) is 0. The molecular formula is C16H21NO2. The molecule has 0 aliphatic carbocycles. The Morgan fingerprint density at radius 1 is 1.26 bits per heavy atom. The zero-order chi connectivity index (χ0) is 14.4. The number of carbonyl (C=O) groups is 2. The highest BCUT2D eigenvalue weighted by Crippen LogP contribution is 2.18. The Morgan fingerprint density at radius 2 is 1.84 bits per heavy atom. The van der Waals surface area contributed by atoms with Crippen molar-refractivity contribution in [2.75, 3.05) is 5.32 Å². The summed E-state index contributed by atoms with van der Waals surface area (Å²) in [5.41, 5.74) is 1.93. The van der Waals surface area contributed by atoms with Crippen LogP contribution in [0.25, 0.3) is 0 Å². The van der Waals surface area contributed by atoms with Crippen LogP contribution in [0.15, 0.2) is 36.9 Å². The maximum Gasteiger partial charge on any atom is 0.235 e. The van der Waals surface area contributed by atoms with Gasteiger partial charge in [0.1, 0.15) is 5.78 Å². The number of anilines is 1. The van der Waals surface area contributed by atoms with Crippen LogP contribution in [-0.2, 0) is 9.59 Å². The maximum absolute atomic E-state index is 12.0. The predicted octanol–water partition coefficient (Wildman–Crippen LogP) is 3.53. The van der Waals surface area contributed by atoms with E-state index in [1.807, 2.05) is 24.3 Å². The monoisotopic (exact) mass is 259 g/mol. The van der Waals surface area contributed by atoms with Crippen LogP contribution in [0.1, 0.15) is 38.7 Å². The summed E-state index contributed by atoms with van der Waals surface area (Å²) < 4.78 is 0. The molecule has 1 aromatic carbocycles. The summed E-state index contributed by atoms with van der Waals surface area (Å²) in [6.45, 7) is 9.23. The van der Waals surface area contributed by atoms with Crippen molar-refractivity contribution in [2.45, 2.75) is 33.1 Å². The average Bonchev–Trinajstić information content (AvgIpc) is 2.36. The van der Waals surface area contributed by atoms with Gasteiger partial charge in [0.15, 0.2) is 0 Å². The van der Waals surface area contributed by atoms with Crippen LogP contribution >= 0.6 is 0 Å². The number of carbonyl (C=O) groups excluding carboxylic acids is 2. The van der Waals surface area contributed by atoms with Gasteiger partial charge < -0.3 is 5.32 Å². The van der Waals surface area contributed by atoms with Gasteiger partial charge in [0.2, 0.25) is 5.91 Å². The standard InChI is InChI=1S/C16H21NO2/c1-5-6-15(12(4)18)16(19)17-14-9-7-13(8-10-14)11(2)3/h5,7-11,15H,1,6H2,2-4H3,(H,17,19). The van der Waals surface area contributed by atoms with Gasteiger partial charge in [0.25, 0.3) is 0 Å². The molecule has 1 N–H and O–H groups in total. The molecule has 0 aromatic heterocycles. The lowest BCUT2D eigenvalue weighted by Gasteiger charge is -2.13. The summed E-state index contributed by atoms with van der Waals surface area (Å²) in [4.78, 5) is 23.4. The van der Waals surface area contributed by atoms with Crippen LogP contribution < -0.4 is 5.32 Å². The second kappa shape index (κ2) is 6.88. The largest absolute Gasteiger partial charge is 0.325 e. The van der Waals surface area contributed by atoms with Gasteiger partial charge in [-0.15, -0.1) is 6.58 Å². The SMILES string of the molecule is C=CCC(C(C)=O)C(=O)Nc1ccc(C(C)C)cc1. The maximum atomic E-state index is 12.0. The zero-order valence-corrected chi connectivity index (χ0v) is 11.8. The average molecular weight is 259 g/mol. The molecule has 0 aliphatic heterocycles. The molecule has 0 fully saturated rings. The Morgan fingerprint density at radius 3 is 2.26 bits per heavy atom. The van der Waals surface area contributed by atoms with Crippen molar-refractivity contribution in [2.24, 2.45) is 5.92 Å². The minimum absolute atomic E-state index is 0.142. The topological polar surface area (TPSA) is 46.2 Å². The van der Waals surface area contributed by atoms with E-state index < -0.39 is 5.92 Å². The molecule has 0 radical (unpaired) electrons. The first-order chi connectivity index (χ1) is 8.95. The predicted molar refractivity (Wildman–Crippen MR) is 78.1 cm³/mol. The third-order valence-corrected chi connectivity index (χ3v) is 3.05. The van der Waals surface area contributed by atoms with E-state index in [1.54, 1.807) is 6.08 Å². The summed E-state index contributed by atoms with van der Waals surface area (Å²) in [5, 5.41) is 2.77. The number of allylic oxidation sites excluding steroid dienone is 1. The van der Waals surface area contributed by atoms with Crippen molar-refractivity contribution in [3.8, 4) is 0 Å². The Bertz CT molecular complexity index is 460. The highest BCUT2D eigenvalue weighted by Gasteiger charge is 2.21. The fraction of sp³-hybridized carbons (Fsp3) is 0.375. The van der Waals surface area contributed by atoms with E-state index in [9.17, 15) is 9.59 Å². The fourth-order valence-corrected chi connectivity index (χ4v) is 1.81. The van der Waals surface area contributed by atoms with Gasteiger partial charge >= 0.3 is 0 Å². The molecule has 1 atom stereocenters. The summed E-state index contributed by atoms with van der Waals surface area (Å²) in [6, 6.07) is 7.68. The Balaban J connectivity index is 2.75. The van der Waals surface area contributed by atoms with E-state index in [0.29, 0.717) is 18.0 Å². The molecular weight excluding hydrogens is 238 g/mol. The Kier molecular flexibility index (Phi) is 5.49. The zero-order valence-electron chi connectivity index (χ0n) is 11.8. The number of hydrogen-bond donors (Lipinski definition) is 1. The first-order valence-electron chi connectivity index (χ1n) is 6.48. The smallest absolute Gasteiger partial charge is 0.235 e. The first-order valence-corrected chi connectivity index (χ1v) is 6.48. The fourth-order valence-electron chi connectivity index (χ4n) is 1.81. The van der Waals surface area contributed by atoms with Crippen molar-refractivity contribution in [3.63, 3.8) is 0 Å². The Labute approximate surface area is 114 Å². The van der Waals surface area contributed by atoms with Crippen LogP contribution in [0.5, 0.6) is 0 Å². The van der Waals surface area contributed by atoms with Crippen molar-refractivity contribution < 1.29 is 9.59 Å². The van der Waals surface area contributed by atoms with E-state index in [1.165, 1.54) is 12.5 Å². The summed E-state index contributed by atoms with van der Waals surface area (Å²) in [6.07, 6.45) is 1.96. The third kappa shape index (κ3) is 4.36. The highest BCUT2D eigenvalue weighted by molar-refractivity contribution is 6.06. The van der Waals surface area contributed by atoms with Crippen LogP contribution in [0, 0.1) is 5.92 Å². The first kappa shape index (κ1) is 15.2. The second-order valence-electron chi connectivity index (χ2n) is 4.95. The van der Waals surface area contributed by atoms with Crippen molar-refractivity contribution in [1.29, 1.82) is 0 Å². The number of rotatable bonds is 6. The molecule has 0 spiro atoms. The number of hydrogen-bond acceptors (Lipinski definition) is 2. The Hall–Kier alpha value is -1.90. The van der Waals surface area contributed by atoms with Crippen LogP contribution in [0.4, 0.5) is 5.69 Å². The van der Waals surface area contributed by atoms with Gasteiger partial charge in [-0.2, -0.15) is 0 Å². The highest BCUT2D eigenvalue weighted by atomic mass is 16.2. The van der Waals surface area contributed by atoms with E-state index in [0.717, 1.165) is 0 Å². The van der Waals surface area contributed by atoms with Gasteiger partial charge in [-0.3, -0.25) is 9.59 Å². The number of Topliss-reactive ketones (excluding diaryl/α,β-unsaturated/α-hetero) is 1. The molecule has 3 nitrogen and oxygen atoms in total. The van der Waals surface area contributed by atoms with Gasteiger partial charge in [0, 0.05) is 5.69 Å². The van der Waals surface area contributed by atoms with E-state index >= 15 is 0 Å². The number of amides is 1.